The van der Waals surface area contributed by atoms with Gasteiger partial charge in [-0.05, 0) is 37.1 Å². The van der Waals surface area contributed by atoms with Gasteiger partial charge in [0, 0.05) is 11.6 Å². The van der Waals surface area contributed by atoms with Gasteiger partial charge in [0.25, 0.3) is 5.91 Å². The second-order valence-corrected chi connectivity index (χ2v) is 7.37. The van der Waals surface area contributed by atoms with Crippen LogP contribution in [-0.4, -0.2) is 25.3 Å². The summed E-state index contributed by atoms with van der Waals surface area (Å²) < 4.78 is 27.9. The van der Waals surface area contributed by atoms with Crippen molar-refractivity contribution in [2.75, 3.05) is 4.72 Å². The molecule has 118 valence electrons. The Bertz CT molecular complexity index is 906. The van der Waals surface area contributed by atoms with Gasteiger partial charge in [-0.2, -0.15) is 0 Å². The van der Waals surface area contributed by atoms with Crippen LogP contribution in [0.2, 0.25) is 0 Å². The average molecular weight is 328 g/mol. The molecule has 1 aromatic carbocycles. The van der Waals surface area contributed by atoms with Crippen molar-refractivity contribution in [2.24, 2.45) is 4.99 Å². The molecular formula is C17H16N2O3S. The minimum absolute atomic E-state index is 0.321. The lowest BCUT2D eigenvalue weighted by Crippen LogP contribution is -2.29. The number of sulfonamides is 1. The largest absolute Gasteiger partial charge is 0.283 e. The molecule has 0 radical (unpaired) electrons. The summed E-state index contributed by atoms with van der Waals surface area (Å²) >= 11 is 0. The molecule has 0 fully saturated rings. The predicted octanol–water partition coefficient (Wildman–Crippen LogP) is 2.53. The quantitative estimate of drug-likeness (QED) is 0.926. The smallest absolute Gasteiger partial charge is 0.270 e. The maximum absolute atomic E-state index is 12.6. The molecule has 3 rings (SSSR count). The summed E-state index contributed by atoms with van der Waals surface area (Å²) in [6.07, 6.45) is 6.16. The van der Waals surface area contributed by atoms with Gasteiger partial charge in [-0.1, -0.05) is 30.4 Å². The van der Waals surface area contributed by atoms with E-state index in [-0.39, 0.29) is 5.91 Å². The van der Waals surface area contributed by atoms with Gasteiger partial charge < -0.3 is 0 Å². The normalized spacial score (nSPS) is 20.3. The first kappa shape index (κ1) is 15.4. The number of allylic oxidation sites excluding steroid dienone is 3. The van der Waals surface area contributed by atoms with Crippen LogP contribution in [0.4, 0.5) is 5.69 Å². The highest BCUT2D eigenvalue weighted by atomic mass is 32.2. The topological polar surface area (TPSA) is 75.6 Å². The molecule has 1 atom stereocenters. The highest BCUT2D eigenvalue weighted by molar-refractivity contribution is 7.93. The molecule has 1 aliphatic heterocycles. The molecule has 1 aliphatic carbocycles. The molecular weight excluding hydrogens is 312 g/mol. The van der Waals surface area contributed by atoms with Crippen LogP contribution >= 0.6 is 0 Å². The SMILES string of the molecule is CC1=CC(=O)N=C2C=CC(S(=O)(=O)Nc3ccccc3C)C=C12. The van der Waals surface area contributed by atoms with Crippen LogP contribution in [0.25, 0.3) is 0 Å². The lowest BCUT2D eigenvalue weighted by Gasteiger charge is -2.21. The van der Waals surface area contributed by atoms with Gasteiger partial charge in [0.05, 0.1) is 11.4 Å². The van der Waals surface area contributed by atoms with Gasteiger partial charge in [0.15, 0.2) is 0 Å². The van der Waals surface area contributed by atoms with E-state index < -0.39 is 15.3 Å². The van der Waals surface area contributed by atoms with Crippen LogP contribution in [0.5, 0.6) is 0 Å². The van der Waals surface area contributed by atoms with Crippen molar-refractivity contribution in [1.29, 1.82) is 0 Å². The minimum Gasteiger partial charge on any atom is -0.283 e. The van der Waals surface area contributed by atoms with Crippen molar-refractivity contribution in [2.45, 2.75) is 19.1 Å². The van der Waals surface area contributed by atoms with Crippen molar-refractivity contribution < 1.29 is 13.2 Å². The lowest BCUT2D eigenvalue weighted by molar-refractivity contribution is -0.113. The highest BCUT2D eigenvalue weighted by Crippen LogP contribution is 2.26. The minimum atomic E-state index is -3.63. The van der Waals surface area contributed by atoms with E-state index in [1.54, 1.807) is 31.2 Å². The number of rotatable bonds is 3. The summed E-state index contributed by atoms with van der Waals surface area (Å²) in [4.78, 5) is 15.3. The second kappa shape index (κ2) is 5.62. The lowest BCUT2D eigenvalue weighted by atomic mass is 9.94. The summed E-state index contributed by atoms with van der Waals surface area (Å²) in [5.41, 5.74) is 3.33. The number of benzene rings is 1. The van der Waals surface area contributed by atoms with Crippen LogP contribution in [0.15, 0.2) is 64.7 Å². The zero-order chi connectivity index (χ0) is 16.6. The standard InChI is InChI=1S/C17H16N2O3S/c1-11-5-3-4-6-15(11)19-23(21,22)13-7-8-16-14(10-13)12(2)9-17(20)18-16/h3-10,13,19H,1-2H3. The first-order valence-electron chi connectivity index (χ1n) is 7.16. The Kier molecular flexibility index (Phi) is 3.77. The van der Waals surface area contributed by atoms with E-state index in [0.717, 1.165) is 11.1 Å². The molecule has 1 amide bonds. The first-order chi connectivity index (χ1) is 10.9. The first-order valence-corrected chi connectivity index (χ1v) is 8.70. The Morgan fingerprint density at radius 2 is 1.91 bits per heavy atom. The van der Waals surface area contributed by atoms with Crippen molar-refractivity contribution >= 4 is 27.3 Å². The van der Waals surface area contributed by atoms with Gasteiger partial charge in [-0.3, -0.25) is 9.52 Å². The van der Waals surface area contributed by atoms with E-state index in [1.165, 1.54) is 12.2 Å². The fraction of sp³-hybridized carbons (Fsp3) is 0.176. The summed E-state index contributed by atoms with van der Waals surface area (Å²) in [6, 6.07) is 7.21. The molecule has 1 unspecified atom stereocenters. The number of aliphatic imine (C=N–C) groups is 1. The summed E-state index contributed by atoms with van der Waals surface area (Å²) in [5.74, 6) is -0.321. The van der Waals surface area contributed by atoms with Gasteiger partial charge in [-0.15, -0.1) is 0 Å². The van der Waals surface area contributed by atoms with Crippen molar-refractivity contribution in [1.82, 2.24) is 0 Å². The van der Waals surface area contributed by atoms with Crippen LogP contribution in [-0.2, 0) is 14.8 Å². The van der Waals surface area contributed by atoms with Crippen molar-refractivity contribution in [3.8, 4) is 0 Å². The number of aryl methyl sites for hydroxylation is 1. The number of nitrogens with one attached hydrogen (secondary N) is 1. The molecule has 1 aromatic rings. The van der Waals surface area contributed by atoms with Gasteiger partial charge in [0.1, 0.15) is 5.25 Å². The number of anilines is 1. The molecule has 2 aliphatic rings. The molecule has 0 saturated carbocycles. The van der Waals surface area contributed by atoms with Crippen LogP contribution in [0.1, 0.15) is 12.5 Å². The van der Waals surface area contributed by atoms with E-state index in [2.05, 4.69) is 9.71 Å². The number of dihydropyridines is 1. The molecule has 1 N–H and O–H groups in total. The highest BCUT2D eigenvalue weighted by Gasteiger charge is 2.27. The van der Waals surface area contributed by atoms with Gasteiger partial charge in [-0.25, -0.2) is 13.4 Å². The van der Waals surface area contributed by atoms with E-state index >= 15 is 0 Å². The third kappa shape index (κ3) is 3.03. The second-order valence-electron chi connectivity index (χ2n) is 5.53. The maximum atomic E-state index is 12.6. The number of fused-ring (bicyclic) bond motifs is 1. The van der Waals surface area contributed by atoms with E-state index in [9.17, 15) is 13.2 Å². The number of para-hydroxylation sites is 1. The Labute approximate surface area is 135 Å². The molecule has 23 heavy (non-hydrogen) atoms. The Morgan fingerprint density at radius 1 is 1.17 bits per heavy atom. The Balaban J connectivity index is 1.92. The number of nitrogens with zero attached hydrogens (tertiary/aromatic N) is 1. The zero-order valence-electron chi connectivity index (χ0n) is 12.8. The third-order valence-corrected chi connectivity index (χ3v) is 5.32. The van der Waals surface area contributed by atoms with E-state index in [1.807, 2.05) is 19.1 Å². The van der Waals surface area contributed by atoms with Crippen LogP contribution in [0.3, 0.4) is 0 Å². The number of amides is 1. The molecule has 0 spiro atoms. The molecule has 6 heteroatoms. The molecule has 0 aromatic heterocycles. The number of carbonyl (C=O) groups is 1. The van der Waals surface area contributed by atoms with Crippen molar-refractivity contribution in [3.63, 3.8) is 0 Å². The number of hydrogen-bond donors (Lipinski definition) is 1. The molecule has 5 nitrogen and oxygen atoms in total. The Hall–Kier alpha value is -2.47. The monoisotopic (exact) mass is 328 g/mol. The molecule has 0 bridgehead atoms. The summed E-state index contributed by atoms with van der Waals surface area (Å²) in [7, 11) is -3.63. The molecule has 1 heterocycles. The van der Waals surface area contributed by atoms with Gasteiger partial charge in [0.2, 0.25) is 10.0 Å². The zero-order valence-corrected chi connectivity index (χ0v) is 13.6. The van der Waals surface area contributed by atoms with Crippen molar-refractivity contribution in [3.05, 3.63) is 65.3 Å². The molecule has 0 saturated heterocycles. The van der Waals surface area contributed by atoms with Gasteiger partial charge >= 0.3 is 0 Å². The average Bonchev–Trinajstić information content (AvgIpc) is 2.49. The number of hydrogen-bond acceptors (Lipinski definition) is 3. The Morgan fingerprint density at radius 3 is 2.65 bits per heavy atom. The van der Waals surface area contributed by atoms with E-state index in [4.69, 9.17) is 0 Å². The van der Waals surface area contributed by atoms with Crippen LogP contribution in [0, 0.1) is 6.92 Å². The number of carbonyl (C=O) groups excluding carboxylic acids is 1. The predicted molar refractivity (Wildman–Crippen MR) is 90.9 cm³/mol. The fourth-order valence-corrected chi connectivity index (χ4v) is 3.80. The fourth-order valence-electron chi connectivity index (χ4n) is 2.53. The summed E-state index contributed by atoms with van der Waals surface area (Å²) in [6.45, 7) is 3.62. The van der Waals surface area contributed by atoms with E-state index in [0.29, 0.717) is 17.0 Å². The summed E-state index contributed by atoms with van der Waals surface area (Å²) in [5, 5.41) is -0.812. The van der Waals surface area contributed by atoms with Crippen LogP contribution < -0.4 is 4.72 Å². The maximum Gasteiger partial charge on any atom is 0.270 e. The third-order valence-electron chi connectivity index (χ3n) is 3.80.